The summed E-state index contributed by atoms with van der Waals surface area (Å²) in [5.41, 5.74) is 1.37. The van der Waals surface area contributed by atoms with Gasteiger partial charge in [-0.1, -0.05) is 35.9 Å². The summed E-state index contributed by atoms with van der Waals surface area (Å²) in [7, 11) is -7.86. The van der Waals surface area contributed by atoms with Crippen LogP contribution in [-0.2, 0) is 20.0 Å². The quantitative estimate of drug-likeness (QED) is 0.226. The zero-order valence-corrected chi connectivity index (χ0v) is 22.8. The lowest BCUT2D eigenvalue weighted by Gasteiger charge is -2.11. The van der Waals surface area contributed by atoms with Gasteiger partial charge in [-0.15, -0.1) is 0 Å². The van der Waals surface area contributed by atoms with Crippen LogP contribution in [0.15, 0.2) is 107 Å². The lowest BCUT2D eigenvalue weighted by Crippen LogP contribution is -2.15. The number of hydrogen-bond acceptors (Lipinski definition) is 6. The number of nitrogens with one attached hydrogen (secondary N) is 3. The number of carbonyl (C=O) groups is 2. The molecule has 0 aromatic heterocycles. The number of amides is 1. The van der Waals surface area contributed by atoms with Gasteiger partial charge in [-0.25, -0.2) is 16.8 Å². The lowest BCUT2D eigenvalue weighted by atomic mass is 10.2. The summed E-state index contributed by atoms with van der Waals surface area (Å²) in [4.78, 5) is 24.1. The van der Waals surface area contributed by atoms with Crippen LogP contribution >= 0.6 is 11.6 Å². The van der Waals surface area contributed by atoms with E-state index in [1.165, 1.54) is 85.8 Å². The van der Waals surface area contributed by atoms with Crippen LogP contribution in [0.1, 0.15) is 27.6 Å². The SMILES string of the molecule is CC(=O)c1ccc(S(=O)(=O)Nc2ccc(C(=O)Nc3cccc(S(=O)(=O)Nc4cccc(Cl)c4)c3)cc2)cc1. The van der Waals surface area contributed by atoms with E-state index in [0.29, 0.717) is 16.3 Å². The van der Waals surface area contributed by atoms with Crippen molar-refractivity contribution in [3.63, 3.8) is 0 Å². The minimum absolute atomic E-state index is 0.0194. The fourth-order valence-corrected chi connectivity index (χ4v) is 5.83. The van der Waals surface area contributed by atoms with Gasteiger partial charge in [0.15, 0.2) is 5.78 Å². The van der Waals surface area contributed by atoms with Crippen molar-refractivity contribution in [3.05, 3.63) is 113 Å². The maximum atomic E-state index is 12.8. The fourth-order valence-electron chi connectivity index (χ4n) is 3.48. The summed E-state index contributed by atoms with van der Waals surface area (Å²) in [5, 5.41) is 3.01. The molecule has 12 heteroatoms. The average Bonchev–Trinajstić information content (AvgIpc) is 2.89. The van der Waals surface area contributed by atoms with E-state index in [4.69, 9.17) is 11.6 Å². The van der Waals surface area contributed by atoms with E-state index < -0.39 is 26.0 Å². The highest BCUT2D eigenvalue weighted by Gasteiger charge is 2.17. The molecule has 39 heavy (non-hydrogen) atoms. The molecule has 0 fully saturated rings. The highest BCUT2D eigenvalue weighted by molar-refractivity contribution is 7.93. The summed E-state index contributed by atoms with van der Waals surface area (Å²) < 4.78 is 55.7. The van der Waals surface area contributed by atoms with E-state index in [9.17, 15) is 26.4 Å². The Kier molecular flexibility index (Phi) is 8.05. The summed E-state index contributed by atoms with van der Waals surface area (Å²) in [6, 6.07) is 23.2. The first-order valence-corrected chi connectivity index (χ1v) is 14.7. The second-order valence-electron chi connectivity index (χ2n) is 8.36. The Labute approximate surface area is 230 Å². The molecule has 0 spiro atoms. The van der Waals surface area contributed by atoms with Crippen LogP contribution in [0.4, 0.5) is 17.1 Å². The number of halogens is 1. The molecule has 0 aliphatic heterocycles. The van der Waals surface area contributed by atoms with E-state index >= 15 is 0 Å². The molecular formula is C27H22ClN3O6S2. The molecule has 9 nitrogen and oxygen atoms in total. The molecule has 1 amide bonds. The van der Waals surface area contributed by atoms with Crippen LogP contribution < -0.4 is 14.8 Å². The molecule has 4 aromatic carbocycles. The van der Waals surface area contributed by atoms with E-state index in [1.54, 1.807) is 18.2 Å². The van der Waals surface area contributed by atoms with Crippen molar-refractivity contribution in [3.8, 4) is 0 Å². The van der Waals surface area contributed by atoms with Gasteiger partial charge in [0.1, 0.15) is 0 Å². The molecule has 3 N–H and O–H groups in total. The molecule has 0 saturated heterocycles. The topological polar surface area (TPSA) is 139 Å². The summed E-state index contributed by atoms with van der Waals surface area (Å²) >= 11 is 5.92. The standard InChI is InChI=1S/C27H22ClN3O6S2/c1-18(32)19-10-14-25(15-11-19)38(34,35)30-22-12-8-20(9-13-22)27(33)29-23-5-3-7-26(17-23)39(36,37)31-24-6-2-4-21(28)16-24/h2-17,30-31H,1H3,(H,29,33). The molecule has 4 aromatic rings. The first-order valence-electron chi connectivity index (χ1n) is 11.4. The van der Waals surface area contributed by atoms with Gasteiger partial charge in [-0.3, -0.25) is 19.0 Å². The molecular weight excluding hydrogens is 562 g/mol. The van der Waals surface area contributed by atoms with Gasteiger partial charge < -0.3 is 5.32 Å². The van der Waals surface area contributed by atoms with Crippen LogP contribution in [0.25, 0.3) is 0 Å². The van der Waals surface area contributed by atoms with Crippen LogP contribution in [-0.4, -0.2) is 28.5 Å². The highest BCUT2D eigenvalue weighted by atomic mass is 35.5. The Morgan fingerprint density at radius 2 is 1.18 bits per heavy atom. The maximum Gasteiger partial charge on any atom is 0.261 e. The van der Waals surface area contributed by atoms with E-state index in [1.807, 2.05) is 0 Å². The number of sulfonamides is 2. The third-order valence-electron chi connectivity index (χ3n) is 5.45. The zero-order chi connectivity index (χ0) is 28.2. The monoisotopic (exact) mass is 583 g/mol. The predicted molar refractivity (Wildman–Crippen MR) is 150 cm³/mol. The van der Waals surface area contributed by atoms with Crippen LogP contribution in [0.2, 0.25) is 5.02 Å². The van der Waals surface area contributed by atoms with E-state index in [-0.39, 0.29) is 32.5 Å². The normalized spacial score (nSPS) is 11.4. The lowest BCUT2D eigenvalue weighted by molar-refractivity contribution is 0.101. The minimum Gasteiger partial charge on any atom is -0.322 e. The zero-order valence-electron chi connectivity index (χ0n) is 20.4. The number of anilines is 3. The Morgan fingerprint density at radius 1 is 0.615 bits per heavy atom. The van der Waals surface area contributed by atoms with Gasteiger partial charge in [-0.2, -0.15) is 0 Å². The minimum atomic E-state index is -3.95. The van der Waals surface area contributed by atoms with Crippen molar-refractivity contribution in [1.82, 2.24) is 0 Å². The molecule has 0 radical (unpaired) electrons. The van der Waals surface area contributed by atoms with Crippen molar-refractivity contribution in [2.75, 3.05) is 14.8 Å². The summed E-state index contributed by atoms with van der Waals surface area (Å²) in [6.07, 6.45) is 0. The van der Waals surface area contributed by atoms with Gasteiger partial charge in [0.25, 0.3) is 26.0 Å². The largest absolute Gasteiger partial charge is 0.322 e. The summed E-state index contributed by atoms with van der Waals surface area (Å²) in [6.45, 7) is 1.39. The molecule has 4 rings (SSSR count). The van der Waals surface area contributed by atoms with Crippen LogP contribution in [0, 0.1) is 0 Å². The molecule has 0 atom stereocenters. The van der Waals surface area contributed by atoms with Crippen molar-refractivity contribution in [1.29, 1.82) is 0 Å². The molecule has 0 unspecified atom stereocenters. The third-order valence-corrected chi connectivity index (χ3v) is 8.46. The predicted octanol–water partition coefficient (Wildman–Crippen LogP) is 5.40. The summed E-state index contributed by atoms with van der Waals surface area (Å²) in [5.74, 6) is -0.704. The Morgan fingerprint density at radius 3 is 1.82 bits per heavy atom. The number of carbonyl (C=O) groups excluding carboxylic acids is 2. The van der Waals surface area contributed by atoms with Gasteiger partial charge in [0, 0.05) is 27.5 Å². The van der Waals surface area contributed by atoms with E-state index in [2.05, 4.69) is 14.8 Å². The molecule has 0 aliphatic rings. The van der Waals surface area contributed by atoms with E-state index in [0.717, 1.165) is 0 Å². The second-order valence-corrected chi connectivity index (χ2v) is 12.2. The maximum absolute atomic E-state index is 12.8. The first kappa shape index (κ1) is 27.8. The molecule has 0 heterocycles. The number of rotatable bonds is 9. The second kappa shape index (κ2) is 11.3. The highest BCUT2D eigenvalue weighted by Crippen LogP contribution is 2.22. The average molecular weight is 584 g/mol. The van der Waals surface area contributed by atoms with Gasteiger partial charge >= 0.3 is 0 Å². The van der Waals surface area contributed by atoms with Gasteiger partial charge in [-0.05, 0) is 79.7 Å². The smallest absolute Gasteiger partial charge is 0.261 e. The molecule has 0 aliphatic carbocycles. The number of benzene rings is 4. The van der Waals surface area contributed by atoms with Gasteiger partial charge in [0.2, 0.25) is 0 Å². The van der Waals surface area contributed by atoms with Crippen LogP contribution in [0.3, 0.4) is 0 Å². The fraction of sp³-hybridized carbons (Fsp3) is 0.0370. The Balaban J connectivity index is 1.43. The van der Waals surface area contributed by atoms with Crippen molar-refractivity contribution in [2.45, 2.75) is 16.7 Å². The Bertz CT molecular complexity index is 1760. The number of hydrogen-bond donors (Lipinski definition) is 3. The Hall–Kier alpha value is -4.19. The number of ketones is 1. The molecule has 200 valence electrons. The van der Waals surface area contributed by atoms with Crippen molar-refractivity contribution in [2.24, 2.45) is 0 Å². The number of Topliss-reactive ketones (excluding diaryl/α,β-unsaturated/α-hetero) is 1. The van der Waals surface area contributed by atoms with Crippen LogP contribution in [0.5, 0.6) is 0 Å². The third kappa shape index (κ3) is 7.02. The van der Waals surface area contributed by atoms with Crippen molar-refractivity contribution >= 4 is 60.4 Å². The molecule has 0 bridgehead atoms. The first-order chi connectivity index (χ1) is 18.4. The molecule has 0 saturated carbocycles. The van der Waals surface area contributed by atoms with Gasteiger partial charge in [0.05, 0.1) is 15.5 Å². The van der Waals surface area contributed by atoms with Crippen molar-refractivity contribution < 1.29 is 26.4 Å².